The van der Waals surface area contributed by atoms with Gasteiger partial charge in [-0.1, -0.05) is 36.9 Å². The van der Waals surface area contributed by atoms with E-state index in [0.717, 1.165) is 0 Å². The van der Waals surface area contributed by atoms with Crippen molar-refractivity contribution in [3.63, 3.8) is 0 Å². The van der Waals surface area contributed by atoms with Crippen LogP contribution in [0.15, 0.2) is 47.8 Å². The van der Waals surface area contributed by atoms with E-state index in [1.165, 1.54) is 26.6 Å². The fourth-order valence-electron chi connectivity index (χ4n) is 4.39. The van der Waals surface area contributed by atoms with E-state index in [4.69, 9.17) is 0 Å². The maximum Gasteiger partial charge on any atom is 0.330 e. The van der Waals surface area contributed by atoms with Crippen LogP contribution in [0.3, 0.4) is 0 Å². The van der Waals surface area contributed by atoms with Crippen molar-refractivity contribution in [3.8, 4) is 0 Å². The molecular formula is C19H20N4O5S. The summed E-state index contributed by atoms with van der Waals surface area (Å²) in [5, 5.41) is 13.3. The number of carbonyl (C=O) groups is 3. The summed E-state index contributed by atoms with van der Waals surface area (Å²) in [4.78, 5) is 52.4. The van der Waals surface area contributed by atoms with E-state index >= 15 is 0 Å². The first kappa shape index (κ1) is 19.4. The number of carbonyl (C=O) groups excluding carboxylic acids is 2. The van der Waals surface area contributed by atoms with Crippen LogP contribution in [-0.4, -0.2) is 66.6 Å². The van der Waals surface area contributed by atoms with Gasteiger partial charge >= 0.3 is 5.97 Å². The van der Waals surface area contributed by atoms with Crippen molar-refractivity contribution in [1.82, 2.24) is 14.8 Å². The average molecular weight is 416 g/mol. The lowest BCUT2D eigenvalue weighted by atomic mass is 9.95. The quantitative estimate of drug-likeness (QED) is 0.451. The summed E-state index contributed by atoms with van der Waals surface area (Å²) in [5.41, 5.74) is -0.111. The molecule has 0 saturated carbocycles. The Hall–Kier alpha value is -2.88. The van der Waals surface area contributed by atoms with Crippen LogP contribution in [0.25, 0.3) is 0 Å². The molecule has 29 heavy (non-hydrogen) atoms. The Morgan fingerprint density at radius 1 is 1.24 bits per heavy atom. The van der Waals surface area contributed by atoms with Crippen LogP contribution in [0.2, 0.25) is 0 Å². The van der Waals surface area contributed by atoms with Gasteiger partial charge in [-0.05, 0) is 25.0 Å². The molecular weight excluding hydrogens is 396 g/mol. The Bertz CT molecular complexity index is 920. The standard InChI is InChI=1S/C19H20N4O5S/c1-10-9-29-17-14(15(24)21(17)12(10)18(26)27)22-16(25)13(11-7-5-4-6-8-11)23(20-28)19(22,2)3/h4-8,12-14,17H,1,9H2,2-3H3,(H,26,27)/t12?,13?,14?,17-/m1/s1. The molecule has 0 aliphatic carbocycles. The lowest BCUT2D eigenvalue weighted by Crippen LogP contribution is -2.76. The molecule has 1 aromatic carbocycles. The molecule has 0 aromatic heterocycles. The van der Waals surface area contributed by atoms with E-state index in [9.17, 15) is 24.4 Å². The minimum absolute atomic E-state index is 0.377. The summed E-state index contributed by atoms with van der Waals surface area (Å²) >= 11 is 1.37. The second-order valence-electron chi connectivity index (χ2n) is 7.73. The number of carboxylic acids is 1. The van der Waals surface area contributed by atoms with Crippen LogP contribution in [0, 0.1) is 4.91 Å². The number of nitroso groups, excluding NO2 is 1. The van der Waals surface area contributed by atoms with Gasteiger partial charge in [0, 0.05) is 5.75 Å². The number of fused-ring (bicyclic) bond motifs is 1. The molecule has 3 aliphatic rings. The average Bonchev–Trinajstić information content (AvgIpc) is 2.88. The molecule has 3 saturated heterocycles. The molecule has 0 bridgehead atoms. The van der Waals surface area contributed by atoms with Crippen LogP contribution in [0.4, 0.5) is 0 Å². The smallest absolute Gasteiger partial charge is 0.330 e. The first-order chi connectivity index (χ1) is 13.7. The molecule has 4 rings (SSSR count). The number of nitrogens with zero attached hydrogens (tertiary/aromatic N) is 4. The zero-order chi connectivity index (χ0) is 21.1. The number of benzene rings is 1. The van der Waals surface area contributed by atoms with Gasteiger partial charge in [0.2, 0.25) is 0 Å². The zero-order valence-corrected chi connectivity index (χ0v) is 16.7. The van der Waals surface area contributed by atoms with Crippen LogP contribution < -0.4 is 0 Å². The normalized spacial score (nSPS) is 30.8. The molecule has 3 aliphatic heterocycles. The molecule has 3 unspecified atom stereocenters. The largest absolute Gasteiger partial charge is 0.479 e. The highest BCUT2D eigenvalue weighted by atomic mass is 32.2. The number of amides is 2. The van der Waals surface area contributed by atoms with E-state index in [0.29, 0.717) is 16.9 Å². The third kappa shape index (κ3) is 2.58. The second-order valence-corrected chi connectivity index (χ2v) is 8.84. The molecule has 3 heterocycles. The monoisotopic (exact) mass is 416 g/mol. The maximum absolute atomic E-state index is 13.4. The van der Waals surface area contributed by atoms with Gasteiger partial charge in [-0.25, -0.2) is 9.80 Å². The minimum atomic E-state index is -1.15. The van der Waals surface area contributed by atoms with Crippen LogP contribution in [0.5, 0.6) is 0 Å². The summed E-state index contributed by atoms with van der Waals surface area (Å²) in [6.07, 6.45) is 0. The third-order valence-corrected chi connectivity index (χ3v) is 7.10. The maximum atomic E-state index is 13.4. The number of β-lactam (4-membered cyclic amide) rings is 1. The highest BCUT2D eigenvalue weighted by molar-refractivity contribution is 8.00. The molecule has 4 atom stereocenters. The van der Waals surface area contributed by atoms with Gasteiger partial charge in [-0.2, -0.15) is 0 Å². The molecule has 152 valence electrons. The molecule has 0 spiro atoms. The van der Waals surface area contributed by atoms with E-state index in [1.54, 1.807) is 44.2 Å². The van der Waals surface area contributed by atoms with Crippen LogP contribution in [0.1, 0.15) is 25.5 Å². The van der Waals surface area contributed by atoms with E-state index in [-0.39, 0.29) is 0 Å². The Balaban J connectivity index is 1.71. The Morgan fingerprint density at radius 2 is 1.90 bits per heavy atom. The van der Waals surface area contributed by atoms with Gasteiger partial charge in [0.15, 0.2) is 12.1 Å². The van der Waals surface area contributed by atoms with E-state index in [2.05, 4.69) is 11.9 Å². The predicted octanol–water partition coefficient (Wildman–Crippen LogP) is 1.58. The highest BCUT2D eigenvalue weighted by Gasteiger charge is 2.65. The highest BCUT2D eigenvalue weighted by Crippen LogP contribution is 2.49. The zero-order valence-electron chi connectivity index (χ0n) is 15.9. The van der Waals surface area contributed by atoms with Gasteiger partial charge in [-0.3, -0.25) is 9.59 Å². The number of hydrogen-bond acceptors (Lipinski definition) is 6. The van der Waals surface area contributed by atoms with Crippen molar-refractivity contribution in [2.75, 3.05) is 5.75 Å². The van der Waals surface area contributed by atoms with Gasteiger partial charge in [-0.15, -0.1) is 16.7 Å². The van der Waals surface area contributed by atoms with E-state index in [1.807, 2.05) is 0 Å². The van der Waals surface area contributed by atoms with Crippen LogP contribution in [-0.2, 0) is 14.4 Å². The second kappa shape index (κ2) is 6.58. The summed E-state index contributed by atoms with van der Waals surface area (Å²) < 4.78 is 0. The van der Waals surface area contributed by atoms with Gasteiger partial charge in [0.05, 0.1) is 5.29 Å². The van der Waals surface area contributed by atoms with Crippen molar-refractivity contribution in [3.05, 3.63) is 53.0 Å². The molecule has 0 radical (unpaired) electrons. The Kier molecular flexibility index (Phi) is 4.41. The van der Waals surface area contributed by atoms with E-state index < -0.39 is 46.9 Å². The lowest BCUT2D eigenvalue weighted by molar-refractivity contribution is -0.172. The topological polar surface area (TPSA) is 111 Å². The first-order valence-electron chi connectivity index (χ1n) is 9.06. The number of rotatable bonds is 4. The minimum Gasteiger partial charge on any atom is -0.479 e. The van der Waals surface area contributed by atoms with Crippen molar-refractivity contribution in [1.29, 1.82) is 0 Å². The molecule has 1 aromatic rings. The molecule has 10 heteroatoms. The molecule has 3 fully saturated rings. The summed E-state index contributed by atoms with van der Waals surface area (Å²) in [7, 11) is 0. The first-order valence-corrected chi connectivity index (χ1v) is 10.1. The SMILES string of the molecule is C=C1CS[C@@H]2C(N3C(=O)C(c4ccccc4)N(N=O)C3(C)C)C(=O)N2C1C(=O)O. The van der Waals surface area contributed by atoms with Crippen molar-refractivity contribution in [2.24, 2.45) is 5.29 Å². The summed E-state index contributed by atoms with van der Waals surface area (Å²) in [6.45, 7) is 7.09. The fourth-order valence-corrected chi connectivity index (χ4v) is 5.74. The Labute approximate surface area is 171 Å². The predicted molar refractivity (Wildman–Crippen MR) is 105 cm³/mol. The van der Waals surface area contributed by atoms with Crippen molar-refractivity contribution in [2.45, 2.75) is 43.0 Å². The molecule has 2 amide bonds. The number of aliphatic carboxylic acids is 1. The Morgan fingerprint density at radius 3 is 2.48 bits per heavy atom. The number of hydrogen-bond donors (Lipinski definition) is 1. The number of carboxylic acid groups (broad SMARTS) is 1. The third-order valence-electron chi connectivity index (χ3n) is 5.74. The summed E-state index contributed by atoms with van der Waals surface area (Å²) in [6, 6.07) is 5.88. The molecule has 1 N–H and O–H groups in total. The molecule has 9 nitrogen and oxygen atoms in total. The van der Waals surface area contributed by atoms with Gasteiger partial charge in [0.25, 0.3) is 11.8 Å². The number of thioether (sulfide) groups is 1. The van der Waals surface area contributed by atoms with Gasteiger partial charge in [0.1, 0.15) is 17.1 Å². The van der Waals surface area contributed by atoms with Gasteiger partial charge < -0.3 is 14.9 Å². The lowest BCUT2D eigenvalue weighted by Gasteiger charge is -2.56. The van der Waals surface area contributed by atoms with Crippen molar-refractivity contribution < 1.29 is 19.5 Å². The van der Waals surface area contributed by atoms with Crippen molar-refractivity contribution >= 4 is 29.5 Å². The fraction of sp³-hybridized carbons (Fsp3) is 0.421. The summed E-state index contributed by atoms with van der Waals surface area (Å²) in [5.74, 6) is -1.63. The van der Waals surface area contributed by atoms with Crippen LogP contribution >= 0.6 is 11.8 Å².